The largest absolute Gasteiger partial charge is 0.352 e. The molecule has 0 amide bonds. The second-order valence-electron chi connectivity index (χ2n) is 3.89. The van der Waals surface area contributed by atoms with Crippen molar-refractivity contribution in [2.24, 2.45) is 0 Å². The van der Waals surface area contributed by atoms with Crippen LogP contribution >= 0.6 is 0 Å². The van der Waals surface area contributed by atoms with Crippen molar-refractivity contribution >= 4 is 9.84 Å². The predicted octanol–water partition coefficient (Wildman–Crippen LogP) is 2.17. The van der Waals surface area contributed by atoms with E-state index < -0.39 is 16.1 Å². The number of rotatable bonds is 7. The van der Waals surface area contributed by atoms with Gasteiger partial charge in [-0.05, 0) is 32.4 Å². The van der Waals surface area contributed by atoms with E-state index in [1.165, 1.54) is 0 Å². The van der Waals surface area contributed by atoms with Crippen molar-refractivity contribution in [1.82, 2.24) is 0 Å². The zero-order chi connectivity index (χ0) is 13.6. The molecule has 0 heterocycles. The third-order valence-corrected chi connectivity index (χ3v) is 4.33. The van der Waals surface area contributed by atoms with Crippen molar-refractivity contribution in [1.29, 1.82) is 0 Å². The number of aryl methyl sites for hydroxylation is 1. The molecule has 5 heteroatoms. The predicted molar refractivity (Wildman–Crippen MR) is 70.3 cm³/mol. The van der Waals surface area contributed by atoms with Crippen LogP contribution in [0.15, 0.2) is 29.2 Å². The number of hydrogen-bond donors (Lipinski definition) is 0. The quantitative estimate of drug-likeness (QED) is 0.714. The highest BCUT2D eigenvalue weighted by atomic mass is 32.2. The van der Waals surface area contributed by atoms with Gasteiger partial charge < -0.3 is 9.47 Å². The molecule has 0 N–H and O–H groups in total. The van der Waals surface area contributed by atoms with Gasteiger partial charge in [-0.15, -0.1) is 0 Å². The summed E-state index contributed by atoms with van der Waals surface area (Å²) in [6.07, 6.45) is -0.704. The fraction of sp³-hybridized carbons (Fsp3) is 0.538. The van der Waals surface area contributed by atoms with Crippen LogP contribution in [0.4, 0.5) is 0 Å². The zero-order valence-electron chi connectivity index (χ0n) is 11.0. The Bertz CT molecular complexity index is 462. The molecule has 0 aliphatic rings. The minimum Gasteiger partial charge on any atom is -0.352 e. The summed E-state index contributed by atoms with van der Waals surface area (Å²) < 4.78 is 35.1. The number of hydrogen-bond acceptors (Lipinski definition) is 4. The Hall–Kier alpha value is -0.910. The van der Waals surface area contributed by atoms with E-state index >= 15 is 0 Å². The van der Waals surface area contributed by atoms with Crippen LogP contribution < -0.4 is 0 Å². The van der Waals surface area contributed by atoms with Crippen LogP contribution in [0.5, 0.6) is 0 Å². The van der Waals surface area contributed by atoms with Gasteiger partial charge in [-0.1, -0.05) is 18.2 Å². The van der Waals surface area contributed by atoms with Gasteiger partial charge in [-0.3, -0.25) is 0 Å². The molecule has 1 aromatic carbocycles. The molecular formula is C13H20O4S. The van der Waals surface area contributed by atoms with Crippen LogP contribution in [0.3, 0.4) is 0 Å². The Morgan fingerprint density at radius 2 is 1.67 bits per heavy atom. The van der Waals surface area contributed by atoms with Crippen molar-refractivity contribution < 1.29 is 17.9 Å². The van der Waals surface area contributed by atoms with Crippen molar-refractivity contribution in [2.75, 3.05) is 19.0 Å². The maximum absolute atomic E-state index is 12.3. The monoisotopic (exact) mass is 272 g/mol. The fourth-order valence-corrected chi connectivity index (χ4v) is 3.27. The van der Waals surface area contributed by atoms with Gasteiger partial charge in [-0.25, -0.2) is 8.42 Å². The molecule has 0 radical (unpaired) electrons. The molecule has 0 aliphatic carbocycles. The van der Waals surface area contributed by atoms with Gasteiger partial charge >= 0.3 is 0 Å². The smallest absolute Gasteiger partial charge is 0.183 e. The maximum Gasteiger partial charge on any atom is 0.183 e. The molecule has 0 bridgehead atoms. The summed E-state index contributed by atoms with van der Waals surface area (Å²) in [5.74, 6) is -0.153. The molecule has 0 aromatic heterocycles. The van der Waals surface area contributed by atoms with Crippen LogP contribution in [0.1, 0.15) is 19.4 Å². The Morgan fingerprint density at radius 1 is 1.11 bits per heavy atom. The third-order valence-electron chi connectivity index (χ3n) is 2.49. The Labute approximate surface area is 109 Å². The zero-order valence-corrected chi connectivity index (χ0v) is 11.9. The second-order valence-corrected chi connectivity index (χ2v) is 5.89. The fourth-order valence-electron chi connectivity index (χ4n) is 1.69. The van der Waals surface area contributed by atoms with Gasteiger partial charge in [0, 0.05) is 13.2 Å². The van der Waals surface area contributed by atoms with Crippen molar-refractivity contribution in [2.45, 2.75) is 32.0 Å². The summed E-state index contributed by atoms with van der Waals surface area (Å²) in [6, 6.07) is 6.93. The first-order valence-electron chi connectivity index (χ1n) is 6.02. The molecule has 1 rings (SSSR count). The lowest BCUT2D eigenvalue weighted by atomic mass is 10.2. The highest BCUT2D eigenvalue weighted by Gasteiger charge is 2.23. The Balaban J connectivity index is 2.90. The van der Waals surface area contributed by atoms with Crippen molar-refractivity contribution in [3.8, 4) is 0 Å². The minimum atomic E-state index is -3.38. The normalized spacial score (nSPS) is 12.0. The highest BCUT2D eigenvalue weighted by Crippen LogP contribution is 2.17. The van der Waals surface area contributed by atoms with Gasteiger partial charge in [0.2, 0.25) is 0 Å². The molecule has 0 spiro atoms. The van der Waals surface area contributed by atoms with Crippen LogP contribution in [0, 0.1) is 6.92 Å². The first kappa shape index (κ1) is 15.1. The topological polar surface area (TPSA) is 52.6 Å². The average molecular weight is 272 g/mol. The van der Waals surface area contributed by atoms with Crippen molar-refractivity contribution in [3.63, 3.8) is 0 Å². The van der Waals surface area contributed by atoms with Crippen molar-refractivity contribution in [3.05, 3.63) is 29.8 Å². The molecule has 18 heavy (non-hydrogen) atoms. The highest BCUT2D eigenvalue weighted by molar-refractivity contribution is 7.91. The van der Waals surface area contributed by atoms with E-state index in [4.69, 9.17) is 9.47 Å². The van der Waals surface area contributed by atoms with Crippen LogP contribution in [0.25, 0.3) is 0 Å². The molecular weight excluding hydrogens is 252 g/mol. The van der Waals surface area contributed by atoms with Gasteiger partial charge in [0.1, 0.15) is 5.75 Å². The third kappa shape index (κ3) is 4.08. The first-order valence-corrected chi connectivity index (χ1v) is 7.68. The molecule has 102 valence electrons. The lowest BCUT2D eigenvalue weighted by Gasteiger charge is -2.17. The van der Waals surface area contributed by atoms with Crippen LogP contribution in [0.2, 0.25) is 0 Å². The first-order chi connectivity index (χ1) is 8.51. The standard InChI is InChI=1S/C13H20O4S/c1-4-16-13(17-5-2)10-18(14,15)12-9-7-6-8-11(12)3/h6-9,13H,4-5,10H2,1-3H3. The molecule has 0 atom stereocenters. The number of sulfone groups is 1. The molecule has 0 unspecified atom stereocenters. The summed E-state index contributed by atoms with van der Waals surface area (Å²) >= 11 is 0. The summed E-state index contributed by atoms with van der Waals surface area (Å²) in [5, 5.41) is 0. The Morgan fingerprint density at radius 3 is 2.17 bits per heavy atom. The summed E-state index contributed by atoms with van der Waals surface area (Å²) in [7, 11) is -3.38. The van der Waals surface area contributed by atoms with E-state index in [0.29, 0.717) is 18.1 Å². The SMILES string of the molecule is CCOC(CS(=O)(=O)c1ccccc1C)OCC. The van der Waals surface area contributed by atoms with E-state index in [9.17, 15) is 8.42 Å². The average Bonchev–Trinajstić information content (AvgIpc) is 2.29. The van der Waals surface area contributed by atoms with Gasteiger partial charge in [0.15, 0.2) is 16.1 Å². The lowest BCUT2D eigenvalue weighted by Crippen LogP contribution is -2.27. The molecule has 0 aliphatic heterocycles. The molecule has 1 aromatic rings. The van der Waals surface area contributed by atoms with E-state index in [-0.39, 0.29) is 5.75 Å². The molecule has 0 saturated carbocycles. The maximum atomic E-state index is 12.3. The van der Waals surface area contributed by atoms with Crippen LogP contribution in [-0.2, 0) is 19.3 Å². The van der Waals surface area contributed by atoms with E-state index in [0.717, 1.165) is 5.56 Å². The van der Waals surface area contributed by atoms with Gasteiger partial charge in [0.25, 0.3) is 0 Å². The lowest BCUT2D eigenvalue weighted by molar-refractivity contribution is -0.120. The summed E-state index contributed by atoms with van der Waals surface area (Å²) in [5.41, 5.74) is 0.740. The Kier molecular flexibility index (Phi) is 5.78. The molecule has 0 fully saturated rings. The minimum absolute atomic E-state index is 0.153. The van der Waals surface area contributed by atoms with Gasteiger partial charge in [-0.2, -0.15) is 0 Å². The van der Waals surface area contributed by atoms with Gasteiger partial charge in [0.05, 0.1) is 4.90 Å². The van der Waals surface area contributed by atoms with Crippen LogP contribution in [-0.4, -0.2) is 33.7 Å². The molecule has 4 nitrogen and oxygen atoms in total. The summed E-state index contributed by atoms with van der Waals surface area (Å²) in [4.78, 5) is 0.342. The number of benzene rings is 1. The number of ether oxygens (including phenoxy) is 2. The second kappa shape index (κ2) is 6.87. The summed E-state index contributed by atoms with van der Waals surface area (Å²) in [6.45, 7) is 6.25. The molecule has 0 saturated heterocycles. The van der Waals surface area contributed by atoms with E-state index in [1.807, 2.05) is 19.9 Å². The van der Waals surface area contributed by atoms with E-state index in [2.05, 4.69) is 0 Å². The van der Waals surface area contributed by atoms with E-state index in [1.54, 1.807) is 25.1 Å².